The molecule has 2 aromatic carbocycles. The number of aromatic hydroxyl groups is 1. The lowest BCUT2D eigenvalue weighted by Gasteiger charge is -2.44. The van der Waals surface area contributed by atoms with E-state index in [9.17, 15) is 18.7 Å². The molecule has 0 bridgehead atoms. The second-order valence-corrected chi connectivity index (χ2v) is 11.3. The number of benzene rings is 2. The number of piperazine rings is 1. The van der Waals surface area contributed by atoms with Crippen LogP contribution in [-0.4, -0.2) is 87.9 Å². The summed E-state index contributed by atoms with van der Waals surface area (Å²) in [6.45, 7) is 10.8. The van der Waals surface area contributed by atoms with Crippen LogP contribution in [0.25, 0.3) is 22.0 Å². The average molecular weight is 590 g/mol. The number of rotatable bonds is 7. The van der Waals surface area contributed by atoms with Gasteiger partial charge in [-0.15, -0.1) is 0 Å². The molecule has 1 aromatic heterocycles. The fourth-order valence-corrected chi connectivity index (χ4v) is 6.09. The molecule has 3 heterocycles. The Hall–Kier alpha value is -3.57. The van der Waals surface area contributed by atoms with Crippen LogP contribution in [0.5, 0.6) is 11.8 Å². The third-order valence-electron chi connectivity index (χ3n) is 7.48. The zero-order chi connectivity index (χ0) is 29.6. The van der Waals surface area contributed by atoms with Crippen molar-refractivity contribution < 1.29 is 27.8 Å². The van der Waals surface area contributed by atoms with E-state index in [0.29, 0.717) is 25.5 Å². The molecule has 2 aliphatic heterocycles. The van der Waals surface area contributed by atoms with Crippen molar-refractivity contribution >= 4 is 34.2 Å². The quantitative estimate of drug-likeness (QED) is 0.390. The summed E-state index contributed by atoms with van der Waals surface area (Å²) >= 11 is 6.52. The molecular formula is C29H31ClF3N5O3. The summed E-state index contributed by atoms with van der Waals surface area (Å²) in [5.74, 6) is -2.13. The summed E-state index contributed by atoms with van der Waals surface area (Å²) in [4.78, 5) is 26.9. The Morgan fingerprint density at radius 2 is 1.90 bits per heavy atom. The summed E-state index contributed by atoms with van der Waals surface area (Å²) in [7, 11) is 0. The predicted octanol–water partition coefficient (Wildman–Crippen LogP) is 4.97. The van der Waals surface area contributed by atoms with Gasteiger partial charge in [0, 0.05) is 55.8 Å². The number of carbonyl (C=O) groups is 1. The lowest BCUT2D eigenvalue weighted by atomic mass is 9.99. The second kappa shape index (κ2) is 11.0. The number of hydrogen-bond donors (Lipinski definition) is 1. The van der Waals surface area contributed by atoms with Crippen LogP contribution >= 0.6 is 11.6 Å². The molecule has 0 unspecified atom stereocenters. The Bertz CT molecular complexity index is 1480. The highest BCUT2D eigenvalue weighted by Crippen LogP contribution is 2.43. The highest BCUT2D eigenvalue weighted by Gasteiger charge is 2.38. The maximum absolute atomic E-state index is 16.2. The first-order valence-corrected chi connectivity index (χ1v) is 13.7. The van der Waals surface area contributed by atoms with Gasteiger partial charge in [0.1, 0.15) is 35.2 Å². The molecule has 41 heavy (non-hydrogen) atoms. The zero-order valence-corrected chi connectivity index (χ0v) is 23.8. The van der Waals surface area contributed by atoms with Crippen LogP contribution in [0, 0.1) is 11.6 Å². The summed E-state index contributed by atoms with van der Waals surface area (Å²) in [5.41, 5.74) is -2.12. The first-order chi connectivity index (χ1) is 19.4. The number of carbonyl (C=O) groups excluding carboxylic acids is 1. The molecule has 3 aromatic rings. The van der Waals surface area contributed by atoms with Gasteiger partial charge in [0.2, 0.25) is 5.91 Å². The molecular weight excluding hydrogens is 559 g/mol. The van der Waals surface area contributed by atoms with Crippen molar-refractivity contribution in [3.63, 3.8) is 0 Å². The number of nitrogens with zero attached hydrogens (tertiary/aromatic N) is 5. The van der Waals surface area contributed by atoms with E-state index in [-0.39, 0.29) is 70.8 Å². The highest BCUT2D eigenvalue weighted by atomic mass is 35.5. The van der Waals surface area contributed by atoms with E-state index in [1.54, 1.807) is 4.90 Å². The number of alkyl halides is 1. The van der Waals surface area contributed by atoms with Gasteiger partial charge in [-0.25, -0.2) is 13.2 Å². The first kappa shape index (κ1) is 28.9. The summed E-state index contributed by atoms with van der Waals surface area (Å²) in [6.07, 6.45) is 1.27. The number of ether oxygens (including phenoxy) is 1. The topological polar surface area (TPSA) is 82.0 Å². The third-order valence-corrected chi connectivity index (χ3v) is 7.77. The Balaban J connectivity index is 1.57. The van der Waals surface area contributed by atoms with E-state index in [1.807, 2.05) is 23.6 Å². The lowest BCUT2D eigenvalue weighted by molar-refractivity contribution is -0.130. The van der Waals surface area contributed by atoms with E-state index >= 15 is 4.39 Å². The minimum absolute atomic E-state index is 0.120. The van der Waals surface area contributed by atoms with Gasteiger partial charge in [0.15, 0.2) is 5.82 Å². The molecule has 1 amide bonds. The van der Waals surface area contributed by atoms with Crippen molar-refractivity contribution in [3.05, 3.63) is 53.6 Å². The van der Waals surface area contributed by atoms with Crippen molar-refractivity contribution in [2.45, 2.75) is 38.5 Å². The molecule has 218 valence electrons. The van der Waals surface area contributed by atoms with Gasteiger partial charge in [0.05, 0.1) is 10.6 Å². The van der Waals surface area contributed by atoms with Crippen LogP contribution in [0.2, 0.25) is 5.02 Å². The number of fused-ring (bicyclic) bond motifs is 1. The Labute approximate surface area is 241 Å². The van der Waals surface area contributed by atoms with Crippen molar-refractivity contribution in [1.82, 2.24) is 19.8 Å². The van der Waals surface area contributed by atoms with Crippen LogP contribution in [0.3, 0.4) is 0 Å². The molecule has 8 nitrogen and oxygen atoms in total. The average Bonchev–Trinajstić information content (AvgIpc) is 2.88. The van der Waals surface area contributed by atoms with Gasteiger partial charge in [0.25, 0.3) is 0 Å². The molecule has 2 fully saturated rings. The van der Waals surface area contributed by atoms with Crippen LogP contribution in [0.4, 0.5) is 19.0 Å². The highest BCUT2D eigenvalue weighted by molar-refractivity contribution is 6.34. The fourth-order valence-electron chi connectivity index (χ4n) is 5.80. The number of aromatic nitrogens is 2. The van der Waals surface area contributed by atoms with Crippen LogP contribution in [0.15, 0.2) is 36.9 Å². The minimum Gasteiger partial charge on any atom is -0.507 e. The molecule has 12 heteroatoms. The summed E-state index contributed by atoms with van der Waals surface area (Å²) in [6, 6.07) is 4.51. The van der Waals surface area contributed by atoms with E-state index in [2.05, 4.69) is 16.5 Å². The predicted molar refractivity (Wildman–Crippen MR) is 151 cm³/mol. The van der Waals surface area contributed by atoms with E-state index < -0.39 is 23.1 Å². The number of amides is 1. The second-order valence-electron chi connectivity index (χ2n) is 10.9. The van der Waals surface area contributed by atoms with Crippen molar-refractivity contribution in [1.29, 1.82) is 0 Å². The van der Waals surface area contributed by atoms with Crippen molar-refractivity contribution in [2.24, 2.45) is 0 Å². The van der Waals surface area contributed by atoms with Crippen molar-refractivity contribution in [2.75, 3.05) is 44.2 Å². The molecule has 0 spiro atoms. The van der Waals surface area contributed by atoms with Crippen LogP contribution < -0.4 is 9.64 Å². The van der Waals surface area contributed by atoms with Gasteiger partial charge in [-0.3, -0.25) is 9.69 Å². The molecule has 2 saturated heterocycles. The maximum Gasteiger partial charge on any atom is 0.319 e. The third kappa shape index (κ3) is 5.52. The zero-order valence-electron chi connectivity index (χ0n) is 23.0. The normalized spacial score (nSPS) is 20.7. The smallest absolute Gasteiger partial charge is 0.319 e. The van der Waals surface area contributed by atoms with Gasteiger partial charge in [-0.2, -0.15) is 9.97 Å². The SMILES string of the molecule is C=CC(=O)N1[C@H](C)CN(c2nc(OCCN3CC(C)(F)C3)nc3c(F)c(-c4c(O)cccc4F)c(Cl)cc23)C[C@@H]1C. The molecule has 1 N–H and O–H groups in total. The van der Waals surface area contributed by atoms with Gasteiger partial charge >= 0.3 is 6.01 Å². The number of anilines is 1. The van der Waals surface area contributed by atoms with E-state index in [4.69, 9.17) is 16.3 Å². The standard InChI is InChI=1S/C29H31ClF3N5O3/c1-5-22(40)38-16(2)12-37(13-17(38)3)27-18-11-19(30)23(24-20(31)7-6-8-21(24)39)25(32)26(18)34-28(35-27)41-10-9-36-14-29(4,33)15-36/h5-8,11,16-17,39H,1,9-10,12-15H2,2-4H3/t16-,17+. The lowest BCUT2D eigenvalue weighted by Crippen LogP contribution is -2.58. The molecule has 0 aliphatic carbocycles. The largest absolute Gasteiger partial charge is 0.507 e. The van der Waals surface area contributed by atoms with E-state index in [0.717, 1.165) is 6.07 Å². The minimum atomic E-state index is -1.23. The monoisotopic (exact) mass is 589 g/mol. The molecule has 0 radical (unpaired) electrons. The Morgan fingerprint density at radius 1 is 1.22 bits per heavy atom. The number of phenolic OH excluding ortho intramolecular Hbond substituents is 1. The fraction of sp³-hybridized carbons (Fsp3) is 0.414. The van der Waals surface area contributed by atoms with Gasteiger partial charge in [-0.05, 0) is 45.0 Å². The summed E-state index contributed by atoms with van der Waals surface area (Å²) < 4.78 is 50.7. The van der Waals surface area contributed by atoms with Gasteiger partial charge in [-0.1, -0.05) is 24.2 Å². The van der Waals surface area contributed by atoms with Crippen molar-refractivity contribution in [3.8, 4) is 22.9 Å². The molecule has 0 saturated carbocycles. The number of hydrogen-bond acceptors (Lipinski definition) is 7. The Kier molecular flexibility index (Phi) is 7.78. The number of likely N-dealkylation sites (tertiary alicyclic amines) is 1. The maximum atomic E-state index is 16.2. The van der Waals surface area contributed by atoms with Crippen LogP contribution in [0.1, 0.15) is 20.8 Å². The number of phenols is 1. The Morgan fingerprint density at radius 3 is 2.51 bits per heavy atom. The molecule has 2 atom stereocenters. The van der Waals surface area contributed by atoms with E-state index in [1.165, 1.54) is 31.2 Å². The first-order valence-electron chi connectivity index (χ1n) is 13.3. The molecule has 5 rings (SSSR count). The summed E-state index contributed by atoms with van der Waals surface area (Å²) in [5, 5.41) is 10.5. The molecule has 2 aliphatic rings. The van der Waals surface area contributed by atoms with Gasteiger partial charge < -0.3 is 19.6 Å². The number of halogens is 4. The van der Waals surface area contributed by atoms with Crippen LogP contribution in [-0.2, 0) is 4.79 Å².